The lowest BCUT2D eigenvalue weighted by Crippen LogP contribution is -2.46. The third-order valence-corrected chi connectivity index (χ3v) is 5.35. The summed E-state index contributed by atoms with van der Waals surface area (Å²) in [6.45, 7) is 1.41. The highest BCUT2D eigenvalue weighted by Crippen LogP contribution is 2.24. The molecule has 0 saturated heterocycles. The molecule has 1 N–H and O–H groups in total. The van der Waals surface area contributed by atoms with Gasteiger partial charge >= 0.3 is 0 Å². The molecule has 7 nitrogen and oxygen atoms in total. The molecular formula is C18H19ClFN3O4S. The van der Waals surface area contributed by atoms with Crippen molar-refractivity contribution in [2.24, 2.45) is 5.10 Å². The van der Waals surface area contributed by atoms with Crippen LogP contribution in [0, 0.1) is 5.82 Å². The van der Waals surface area contributed by atoms with Crippen LogP contribution in [0.2, 0.25) is 5.02 Å². The molecular weight excluding hydrogens is 409 g/mol. The van der Waals surface area contributed by atoms with Crippen LogP contribution in [-0.2, 0) is 14.8 Å². The number of anilines is 1. The van der Waals surface area contributed by atoms with Gasteiger partial charge in [-0.2, -0.15) is 5.10 Å². The molecule has 2 aromatic carbocycles. The summed E-state index contributed by atoms with van der Waals surface area (Å²) in [6, 6.07) is 9.20. The molecule has 0 heterocycles. The van der Waals surface area contributed by atoms with Gasteiger partial charge in [0.15, 0.2) is 0 Å². The second-order valence-electron chi connectivity index (χ2n) is 5.80. The zero-order chi connectivity index (χ0) is 20.9. The topological polar surface area (TPSA) is 88.1 Å². The lowest BCUT2D eigenvalue weighted by Gasteiger charge is -2.27. The Labute approximate surface area is 167 Å². The van der Waals surface area contributed by atoms with E-state index in [9.17, 15) is 17.6 Å². The third kappa shape index (κ3) is 5.20. The normalized spacial score (nSPS) is 12.6. The quantitative estimate of drug-likeness (QED) is 0.543. The summed E-state index contributed by atoms with van der Waals surface area (Å²) in [5, 5.41) is 3.81. The molecule has 0 aromatic heterocycles. The Kier molecular flexibility index (Phi) is 6.98. The number of sulfonamides is 1. The van der Waals surface area contributed by atoms with Crippen molar-refractivity contribution >= 4 is 39.4 Å². The first-order valence-electron chi connectivity index (χ1n) is 8.05. The highest BCUT2D eigenvalue weighted by Gasteiger charge is 2.29. The highest BCUT2D eigenvalue weighted by atomic mass is 35.5. The molecule has 1 atom stereocenters. The Morgan fingerprint density at radius 3 is 2.46 bits per heavy atom. The smallest absolute Gasteiger partial charge is 0.263 e. The van der Waals surface area contributed by atoms with Crippen molar-refractivity contribution < 1.29 is 22.3 Å². The molecule has 0 aliphatic heterocycles. The van der Waals surface area contributed by atoms with Gasteiger partial charge in [-0.25, -0.2) is 18.2 Å². The van der Waals surface area contributed by atoms with Crippen molar-refractivity contribution in [3.8, 4) is 5.75 Å². The van der Waals surface area contributed by atoms with Gasteiger partial charge in [-0.1, -0.05) is 17.7 Å². The van der Waals surface area contributed by atoms with Gasteiger partial charge in [0, 0.05) is 5.56 Å². The van der Waals surface area contributed by atoms with Gasteiger partial charge in [0.05, 0.1) is 30.3 Å². The summed E-state index contributed by atoms with van der Waals surface area (Å²) in [6.07, 6.45) is 2.05. The van der Waals surface area contributed by atoms with Gasteiger partial charge in [-0.3, -0.25) is 9.10 Å². The first-order valence-corrected chi connectivity index (χ1v) is 10.3. The molecule has 0 radical (unpaired) electrons. The number of carbonyl (C=O) groups excluding carboxylic acids is 1. The van der Waals surface area contributed by atoms with Crippen LogP contribution in [0.25, 0.3) is 0 Å². The number of ether oxygens (including phenoxy) is 1. The summed E-state index contributed by atoms with van der Waals surface area (Å²) < 4.78 is 44.2. The third-order valence-electron chi connectivity index (χ3n) is 3.78. The Morgan fingerprint density at radius 1 is 1.29 bits per heavy atom. The van der Waals surface area contributed by atoms with Crippen LogP contribution in [0.15, 0.2) is 47.6 Å². The van der Waals surface area contributed by atoms with Crippen molar-refractivity contribution in [2.45, 2.75) is 13.0 Å². The van der Waals surface area contributed by atoms with Crippen molar-refractivity contribution in [3.63, 3.8) is 0 Å². The predicted octanol–water partition coefficient (Wildman–Crippen LogP) is 2.79. The molecule has 0 fully saturated rings. The van der Waals surface area contributed by atoms with Gasteiger partial charge < -0.3 is 4.74 Å². The molecule has 2 rings (SSSR count). The van der Waals surface area contributed by atoms with Gasteiger partial charge in [0.1, 0.15) is 17.6 Å². The number of carbonyl (C=O) groups is 1. The van der Waals surface area contributed by atoms with E-state index in [-0.39, 0.29) is 16.3 Å². The molecule has 0 saturated carbocycles. The van der Waals surface area contributed by atoms with E-state index in [2.05, 4.69) is 10.5 Å². The molecule has 150 valence electrons. The van der Waals surface area contributed by atoms with Crippen LogP contribution >= 0.6 is 11.6 Å². The zero-order valence-corrected chi connectivity index (χ0v) is 17.0. The van der Waals surface area contributed by atoms with Gasteiger partial charge in [-0.15, -0.1) is 0 Å². The van der Waals surface area contributed by atoms with Crippen LogP contribution in [0.4, 0.5) is 10.1 Å². The Hall–Kier alpha value is -2.65. The minimum Gasteiger partial charge on any atom is -0.497 e. The maximum Gasteiger partial charge on any atom is 0.263 e. The number of hydrogen-bond donors (Lipinski definition) is 1. The molecule has 0 unspecified atom stereocenters. The van der Waals surface area contributed by atoms with Crippen LogP contribution in [0.3, 0.4) is 0 Å². The number of rotatable bonds is 7. The molecule has 0 spiro atoms. The van der Waals surface area contributed by atoms with Gasteiger partial charge in [-0.05, 0) is 43.3 Å². The van der Waals surface area contributed by atoms with E-state index in [4.69, 9.17) is 16.3 Å². The average molecular weight is 428 g/mol. The van der Waals surface area contributed by atoms with Crippen LogP contribution in [-0.4, -0.2) is 39.9 Å². The Morgan fingerprint density at radius 2 is 1.93 bits per heavy atom. The fourth-order valence-corrected chi connectivity index (χ4v) is 3.81. The van der Waals surface area contributed by atoms with Crippen LogP contribution in [0.5, 0.6) is 5.75 Å². The van der Waals surface area contributed by atoms with Crippen molar-refractivity contribution in [1.29, 1.82) is 0 Å². The largest absolute Gasteiger partial charge is 0.497 e. The minimum atomic E-state index is -3.77. The van der Waals surface area contributed by atoms with E-state index in [0.717, 1.165) is 16.8 Å². The van der Waals surface area contributed by atoms with E-state index in [1.807, 2.05) is 0 Å². The summed E-state index contributed by atoms with van der Waals surface area (Å²) in [4.78, 5) is 12.4. The second kappa shape index (κ2) is 9.03. The second-order valence-corrected chi connectivity index (χ2v) is 8.07. The van der Waals surface area contributed by atoms with E-state index < -0.39 is 27.8 Å². The summed E-state index contributed by atoms with van der Waals surface area (Å²) in [5.74, 6) is -0.764. The highest BCUT2D eigenvalue weighted by molar-refractivity contribution is 7.92. The molecule has 1 amide bonds. The van der Waals surface area contributed by atoms with Crippen molar-refractivity contribution in [2.75, 3.05) is 17.7 Å². The lowest BCUT2D eigenvalue weighted by molar-refractivity contribution is -0.121. The number of halogens is 2. The number of hydrazone groups is 1. The minimum absolute atomic E-state index is 0.00671. The van der Waals surface area contributed by atoms with E-state index in [1.54, 1.807) is 12.1 Å². The summed E-state index contributed by atoms with van der Waals surface area (Å²) >= 11 is 5.88. The fraction of sp³-hybridized carbons (Fsp3) is 0.222. The first kappa shape index (κ1) is 21.6. The Bertz CT molecular complexity index is 961. The monoisotopic (exact) mass is 427 g/mol. The number of methoxy groups -OCH3 is 1. The van der Waals surface area contributed by atoms with Gasteiger partial charge in [0.2, 0.25) is 10.0 Å². The number of nitrogens with one attached hydrogen (secondary N) is 1. The Balaban J connectivity index is 2.20. The van der Waals surface area contributed by atoms with E-state index in [1.165, 1.54) is 44.4 Å². The average Bonchev–Trinajstić information content (AvgIpc) is 2.63. The molecule has 0 aliphatic carbocycles. The molecule has 2 aromatic rings. The van der Waals surface area contributed by atoms with Gasteiger partial charge in [0.25, 0.3) is 5.91 Å². The predicted molar refractivity (Wildman–Crippen MR) is 107 cm³/mol. The number of amides is 1. The van der Waals surface area contributed by atoms with E-state index >= 15 is 0 Å². The number of hydrogen-bond acceptors (Lipinski definition) is 5. The number of nitrogens with zero attached hydrogens (tertiary/aromatic N) is 2. The van der Waals surface area contributed by atoms with Crippen molar-refractivity contribution in [3.05, 3.63) is 58.9 Å². The van der Waals surface area contributed by atoms with Crippen LogP contribution in [0.1, 0.15) is 12.5 Å². The fourth-order valence-electron chi connectivity index (χ4n) is 2.43. The molecule has 0 aliphatic rings. The molecule has 0 bridgehead atoms. The zero-order valence-electron chi connectivity index (χ0n) is 15.4. The maximum absolute atomic E-state index is 13.7. The van der Waals surface area contributed by atoms with Crippen molar-refractivity contribution in [1.82, 2.24) is 5.43 Å². The maximum atomic E-state index is 13.7. The standard InChI is InChI=1S/C18H19ClFN3O4S/c1-12(18(24)22-21-11-15-16(19)5-4-6-17(15)20)23(28(3,25)26)13-7-9-14(27-2)10-8-13/h4-12H,1-3H3,(H,22,24)/b21-11-/t12-/m1/s1. The van der Waals surface area contributed by atoms with Crippen LogP contribution < -0.4 is 14.5 Å². The molecule has 28 heavy (non-hydrogen) atoms. The first-order chi connectivity index (χ1) is 13.1. The molecule has 10 heteroatoms. The van der Waals surface area contributed by atoms with E-state index in [0.29, 0.717) is 5.75 Å². The number of benzene rings is 2. The lowest BCUT2D eigenvalue weighted by atomic mass is 10.2. The summed E-state index contributed by atoms with van der Waals surface area (Å²) in [5.41, 5.74) is 2.50. The SMILES string of the molecule is COc1ccc(N([C@H](C)C(=O)N/N=C\c2c(F)cccc2Cl)S(C)(=O)=O)cc1. The summed E-state index contributed by atoms with van der Waals surface area (Å²) in [7, 11) is -2.29.